The molecule has 0 radical (unpaired) electrons. The first-order valence-electron chi connectivity index (χ1n) is 6.49. The van der Waals surface area contributed by atoms with E-state index in [-0.39, 0.29) is 0 Å². The van der Waals surface area contributed by atoms with Crippen molar-refractivity contribution in [3.05, 3.63) is 21.9 Å². The second-order valence-electron chi connectivity index (χ2n) is 5.18. The van der Waals surface area contributed by atoms with Crippen LogP contribution in [0.15, 0.2) is 11.4 Å². The molecule has 90 valence electrons. The van der Waals surface area contributed by atoms with E-state index in [2.05, 4.69) is 25.3 Å². The zero-order valence-electron chi connectivity index (χ0n) is 10.4. The molecule has 0 amide bonds. The zero-order valence-corrected chi connectivity index (χ0v) is 11.2. The lowest BCUT2D eigenvalue weighted by Crippen LogP contribution is -2.28. The summed E-state index contributed by atoms with van der Waals surface area (Å²) >= 11 is 1.88. The Balaban J connectivity index is 2.14. The molecule has 2 heteroatoms. The highest BCUT2D eigenvalue weighted by Gasteiger charge is 2.30. The van der Waals surface area contributed by atoms with Crippen molar-refractivity contribution in [2.45, 2.75) is 45.4 Å². The molecule has 2 rings (SSSR count). The van der Waals surface area contributed by atoms with E-state index >= 15 is 0 Å². The third-order valence-corrected chi connectivity index (χ3v) is 5.04. The Bertz CT molecular complexity index is 331. The van der Waals surface area contributed by atoms with Gasteiger partial charge in [0, 0.05) is 4.88 Å². The quantitative estimate of drug-likeness (QED) is 0.847. The monoisotopic (exact) mass is 237 g/mol. The summed E-state index contributed by atoms with van der Waals surface area (Å²) in [7, 11) is 0. The fraction of sp³-hybridized carbons (Fsp3) is 0.714. The molecule has 1 nitrogen and oxygen atoms in total. The fourth-order valence-corrected chi connectivity index (χ4v) is 3.81. The molecule has 0 saturated heterocycles. The minimum absolute atomic E-state index is 0.719. The molecule has 2 N–H and O–H groups in total. The molecule has 1 saturated carbocycles. The second kappa shape index (κ2) is 5.33. The predicted molar refractivity (Wildman–Crippen MR) is 72.0 cm³/mol. The van der Waals surface area contributed by atoms with Crippen molar-refractivity contribution in [1.82, 2.24) is 0 Å². The molecule has 1 aromatic heterocycles. The van der Waals surface area contributed by atoms with Crippen LogP contribution in [0.3, 0.4) is 0 Å². The lowest BCUT2D eigenvalue weighted by Gasteiger charge is -2.35. The normalized spacial score (nSPS) is 30.6. The van der Waals surface area contributed by atoms with Gasteiger partial charge in [-0.1, -0.05) is 19.8 Å². The van der Waals surface area contributed by atoms with Crippen molar-refractivity contribution in [3.8, 4) is 0 Å². The highest BCUT2D eigenvalue weighted by Crippen LogP contribution is 2.42. The van der Waals surface area contributed by atoms with Crippen molar-refractivity contribution < 1.29 is 0 Å². The summed E-state index contributed by atoms with van der Waals surface area (Å²) in [6.45, 7) is 5.38. The average molecular weight is 237 g/mol. The van der Waals surface area contributed by atoms with Crippen LogP contribution in [0.4, 0.5) is 0 Å². The summed E-state index contributed by atoms with van der Waals surface area (Å²) in [6.07, 6.45) is 5.40. The lowest BCUT2D eigenvalue weighted by atomic mass is 9.71. The topological polar surface area (TPSA) is 26.0 Å². The number of thiophene rings is 1. The van der Waals surface area contributed by atoms with Gasteiger partial charge in [0.2, 0.25) is 0 Å². The molecule has 16 heavy (non-hydrogen) atoms. The highest BCUT2D eigenvalue weighted by atomic mass is 32.1. The summed E-state index contributed by atoms with van der Waals surface area (Å²) < 4.78 is 0. The SMILES string of the molecule is CCC1CCC(CN)C(c2csc(C)c2)C1. The van der Waals surface area contributed by atoms with Gasteiger partial charge >= 0.3 is 0 Å². The molecule has 3 atom stereocenters. The number of nitrogens with two attached hydrogens (primary N) is 1. The van der Waals surface area contributed by atoms with Crippen molar-refractivity contribution in [2.24, 2.45) is 17.6 Å². The standard InChI is InChI=1S/C14H23NS/c1-3-11-4-5-12(8-15)14(7-11)13-6-10(2)16-9-13/h6,9,11-12,14H,3-5,7-8,15H2,1-2H3. The molecule has 1 aliphatic carbocycles. The minimum atomic E-state index is 0.719. The first kappa shape index (κ1) is 12.1. The summed E-state index contributed by atoms with van der Waals surface area (Å²) in [5.41, 5.74) is 7.48. The van der Waals surface area contributed by atoms with Crippen LogP contribution in [-0.4, -0.2) is 6.54 Å². The Hall–Kier alpha value is -0.340. The van der Waals surface area contributed by atoms with Gasteiger partial charge in [0.1, 0.15) is 0 Å². The summed E-state index contributed by atoms with van der Waals surface area (Å²) in [4.78, 5) is 1.43. The number of hydrogen-bond donors (Lipinski definition) is 1. The molecule has 0 aliphatic heterocycles. The Morgan fingerprint density at radius 2 is 2.25 bits per heavy atom. The Labute approximate surface area is 103 Å². The molecule has 1 heterocycles. The van der Waals surface area contributed by atoms with E-state index in [1.165, 1.54) is 30.6 Å². The summed E-state index contributed by atoms with van der Waals surface area (Å²) in [6, 6.07) is 2.37. The van der Waals surface area contributed by atoms with Crippen LogP contribution in [0.5, 0.6) is 0 Å². The molecular formula is C14H23NS. The van der Waals surface area contributed by atoms with E-state index in [1.54, 1.807) is 5.56 Å². The smallest absolute Gasteiger partial charge is 0.00171 e. The van der Waals surface area contributed by atoms with Crippen molar-refractivity contribution in [2.75, 3.05) is 6.54 Å². The van der Waals surface area contributed by atoms with Crippen molar-refractivity contribution in [3.63, 3.8) is 0 Å². The maximum atomic E-state index is 5.93. The molecule has 1 fully saturated rings. The van der Waals surface area contributed by atoms with E-state index in [4.69, 9.17) is 5.73 Å². The fourth-order valence-electron chi connectivity index (χ4n) is 3.04. The van der Waals surface area contributed by atoms with Crippen LogP contribution in [0.2, 0.25) is 0 Å². The Morgan fingerprint density at radius 1 is 1.44 bits per heavy atom. The average Bonchev–Trinajstić information content (AvgIpc) is 2.75. The predicted octanol–water partition coefficient (Wildman–Crippen LogP) is 3.93. The zero-order chi connectivity index (χ0) is 11.5. The van der Waals surface area contributed by atoms with E-state index in [0.29, 0.717) is 0 Å². The maximum Gasteiger partial charge on any atom is 0.00171 e. The van der Waals surface area contributed by atoms with Gasteiger partial charge < -0.3 is 5.73 Å². The minimum Gasteiger partial charge on any atom is -0.330 e. The van der Waals surface area contributed by atoms with E-state index in [0.717, 1.165) is 24.3 Å². The number of aryl methyl sites for hydroxylation is 1. The Morgan fingerprint density at radius 3 is 2.81 bits per heavy atom. The third-order valence-electron chi connectivity index (χ3n) is 4.16. The van der Waals surface area contributed by atoms with Crippen LogP contribution >= 0.6 is 11.3 Å². The van der Waals surface area contributed by atoms with E-state index < -0.39 is 0 Å². The van der Waals surface area contributed by atoms with Crippen LogP contribution in [0.25, 0.3) is 0 Å². The molecule has 0 spiro atoms. The highest BCUT2D eigenvalue weighted by molar-refractivity contribution is 7.10. The maximum absolute atomic E-state index is 5.93. The van der Waals surface area contributed by atoms with Crippen LogP contribution in [0, 0.1) is 18.8 Å². The van der Waals surface area contributed by atoms with Gasteiger partial charge in [0.05, 0.1) is 0 Å². The first-order chi connectivity index (χ1) is 7.74. The van der Waals surface area contributed by atoms with Gasteiger partial charge in [0.15, 0.2) is 0 Å². The summed E-state index contributed by atoms with van der Waals surface area (Å²) in [5, 5.41) is 2.35. The third kappa shape index (κ3) is 2.49. The van der Waals surface area contributed by atoms with Gasteiger partial charge in [0.25, 0.3) is 0 Å². The van der Waals surface area contributed by atoms with Gasteiger partial charge in [-0.2, -0.15) is 0 Å². The summed E-state index contributed by atoms with van der Waals surface area (Å²) in [5.74, 6) is 2.37. The van der Waals surface area contributed by atoms with Crippen LogP contribution < -0.4 is 5.73 Å². The second-order valence-corrected chi connectivity index (χ2v) is 6.30. The molecule has 0 bridgehead atoms. The molecule has 0 aromatic carbocycles. The largest absolute Gasteiger partial charge is 0.330 e. The van der Waals surface area contributed by atoms with Crippen molar-refractivity contribution in [1.29, 1.82) is 0 Å². The van der Waals surface area contributed by atoms with Gasteiger partial charge in [-0.15, -0.1) is 11.3 Å². The molecular weight excluding hydrogens is 214 g/mol. The lowest BCUT2D eigenvalue weighted by molar-refractivity contribution is 0.236. The van der Waals surface area contributed by atoms with E-state index in [1.807, 2.05) is 11.3 Å². The molecule has 3 unspecified atom stereocenters. The molecule has 1 aromatic rings. The van der Waals surface area contributed by atoms with Crippen LogP contribution in [-0.2, 0) is 0 Å². The van der Waals surface area contributed by atoms with Gasteiger partial charge in [-0.25, -0.2) is 0 Å². The number of rotatable bonds is 3. The van der Waals surface area contributed by atoms with E-state index in [9.17, 15) is 0 Å². The van der Waals surface area contributed by atoms with Crippen molar-refractivity contribution >= 4 is 11.3 Å². The van der Waals surface area contributed by atoms with Crippen LogP contribution in [0.1, 0.15) is 49.0 Å². The van der Waals surface area contributed by atoms with Gasteiger partial charge in [-0.3, -0.25) is 0 Å². The first-order valence-corrected chi connectivity index (χ1v) is 7.37. The number of hydrogen-bond acceptors (Lipinski definition) is 2. The van der Waals surface area contributed by atoms with Gasteiger partial charge in [-0.05, 0) is 61.1 Å². The Kier molecular flexibility index (Phi) is 4.04. The molecule has 1 aliphatic rings.